The van der Waals surface area contributed by atoms with Gasteiger partial charge in [-0.15, -0.1) is 0 Å². The smallest absolute Gasteiger partial charge is 0.230 e. The summed E-state index contributed by atoms with van der Waals surface area (Å²) in [6.45, 7) is 3.05. The van der Waals surface area contributed by atoms with Crippen LogP contribution in [-0.2, 0) is 4.79 Å². The number of nitrogens with zero attached hydrogens (tertiary/aromatic N) is 1. The van der Waals surface area contributed by atoms with Gasteiger partial charge < -0.3 is 10.6 Å². The molecule has 1 amide bonds. The lowest BCUT2D eigenvalue weighted by Gasteiger charge is -2.36. The summed E-state index contributed by atoms with van der Waals surface area (Å²) in [4.78, 5) is 14.8. The van der Waals surface area contributed by atoms with Crippen LogP contribution in [0.3, 0.4) is 0 Å². The van der Waals surface area contributed by atoms with Gasteiger partial charge in [-0.05, 0) is 49.7 Å². The Balaban J connectivity index is 1.81. The van der Waals surface area contributed by atoms with Gasteiger partial charge in [0.05, 0.1) is 0 Å². The van der Waals surface area contributed by atoms with E-state index in [1.807, 2.05) is 23.1 Å². The first-order chi connectivity index (χ1) is 9.66. The molecule has 20 heavy (non-hydrogen) atoms. The lowest BCUT2D eigenvalue weighted by atomic mass is 9.82. The molecule has 3 rings (SSSR count). The predicted molar refractivity (Wildman–Crippen MR) is 81.5 cm³/mol. The van der Waals surface area contributed by atoms with Crippen LogP contribution in [0.2, 0.25) is 0 Å². The highest BCUT2D eigenvalue weighted by Gasteiger charge is 2.32. The Morgan fingerprint density at radius 3 is 2.60 bits per heavy atom. The van der Waals surface area contributed by atoms with Crippen molar-refractivity contribution in [3.8, 4) is 0 Å². The predicted octanol–water partition coefficient (Wildman–Crippen LogP) is 3.25. The molecular weight excluding hydrogens is 248 g/mol. The summed E-state index contributed by atoms with van der Waals surface area (Å²) < 4.78 is 0. The van der Waals surface area contributed by atoms with Crippen molar-refractivity contribution in [1.82, 2.24) is 0 Å². The number of para-hydroxylation sites is 1. The fourth-order valence-corrected chi connectivity index (χ4v) is 3.55. The van der Waals surface area contributed by atoms with Crippen molar-refractivity contribution >= 4 is 11.6 Å². The van der Waals surface area contributed by atoms with E-state index in [-0.39, 0.29) is 12.0 Å². The van der Waals surface area contributed by atoms with E-state index in [4.69, 9.17) is 5.73 Å². The van der Waals surface area contributed by atoms with Gasteiger partial charge in [-0.3, -0.25) is 4.79 Å². The Labute approximate surface area is 121 Å². The minimum atomic E-state index is 0.0710. The Hall–Kier alpha value is -1.35. The van der Waals surface area contributed by atoms with E-state index in [0.29, 0.717) is 5.91 Å². The molecule has 1 saturated carbocycles. The van der Waals surface area contributed by atoms with Crippen molar-refractivity contribution in [2.75, 3.05) is 11.4 Å². The maximum absolute atomic E-state index is 12.8. The molecule has 1 fully saturated rings. The Morgan fingerprint density at radius 1 is 1.15 bits per heavy atom. The second-order valence-electron chi connectivity index (χ2n) is 6.40. The van der Waals surface area contributed by atoms with E-state index in [2.05, 4.69) is 13.0 Å². The van der Waals surface area contributed by atoms with Crippen LogP contribution in [0.25, 0.3) is 0 Å². The van der Waals surface area contributed by atoms with Crippen molar-refractivity contribution in [1.29, 1.82) is 0 Å². The molecule has 0 bridgehead atoms. The Bertz CT molecular complexity index is 492. The lowest BCUT2D eigenvalue weighted by molar-refractivity contribution is -0.123. The van der Waals surface area contributed by atoms with Crippen molar-refractivity contribution in [3.63, 3.8) is 0 Å². The molecule has 1 aromatic rings. The quantitative estimate of drug-likeness (QED) is 0.853. The standard InChI is InChI=1S/C17H24N2O/c1-12-6-8-13(9-7-12)17(20)19-11-10-15(18)14-4-2-3-5-16(14)19/h2-5,12-13,15H,6-11,18H2,1H3. The number of rotatable bonds is 1. The summed E-state index contributed by atoms with van der Waals surface area (Å²) in [6.07, 6.45) is 5.33. The van der Waals surface area contributed by atoms with Gasteiger partial charge in [-0.2, -0.15) is 0 Å². The third-order valence-electron chi connectivity index (χ3n) is 4.92. The van der Waals surface area contributed by atoms with Gasteiger partial charge in [0, 0.05) is 24.2 Å². The molecule has 0 aromatic heterocycles. The van der Waals surface area contributed by atoms with Crippen molar-refractivity contribution < 1.29 is 4.79 Å². The van der Waals surface area contributed by atoms with Gasteiger partial charge in [0.1, 0.15) is 0 Å². The van der Waals surface area contributed by atoms with Crippen molar-refractivity contribution in [2.24, 2.45) is 17.6 Å². The molecule has 1 atom stereocenters. The van der Waals surface area contributed by atoms with Gasteiger partial charge in [0.15, 0.2) is 0 Å². The summed E-state index contributed by atoms with van der Waals surface area (Å²) in [5.41, 5.74) is 8.33. The van der Waals surface area contributed by atoms with Crippen LogP contribution in [0.1, 0.15) is 50.6 Å². The van der Waals surface area contributed by atoms with Crippen molar-refractivity contribution in [3.05, 3.63) is 29.8 Å². The van der Waals surface area contributed by atoms with Gasteiger partial charge in [-0.25, -0.2) is 0 Å². The summed E-state index contributed by atoms with van der Waals surface area (Å²) in [7, 11) is 0. The van der Waals surface area contributed by atoms with Crippen LogP contribution < -0.4 is 10.6 Å². The number of fused-ring (bicyclic) bond motifs is 1. The molecule has 1 unspecified atom stereocenters. The molecule has 0 radical (unpaired) electrons. The average Bonchev–Trinajstić information content (AvgIpc) is 2.48. The molecule has 0 saturated heterocycles. The zero-order valence-corrected chi connectivity index (χ0v) is 12.2. The number of hydrogen-bond acceptors (Lipinski definition) is 2. The molecule has 0 spiro atoms. The zero-order valence-electron chi connectivity index (χ0n) is 12.2. The lowest BCUT2D eigenvalue weighted by Crippen LogP contribution is -2.42. The largest absolute Gasteiger partial charge is 0.324 e. The third-order valence-corrected chi connectivity index (χ3v) is 4.92. The van der Waals surface area contributed by atoms with Crippen LogP contribution in [0.4, 0.5) is 5.69 Å². The summed E-state index contributed by atoms with van der Waals surface area (Å²) in [5, 5.41) is 0. The fraction of sp³-hybridized carbons (Fsp3) is 0.588. The highest BCUT2D eigenvalue weighted by Crippen LogP contribution is 2.36. The van der Waals surface area contributed by atoms with E-state index in [0.717, 1.165) is 43.0 Å². The molecule has 1 heterocycles. The van der Waals surface area contributed by atoms with Crippen LogP contribution in [0.15, 0.2) is 24.3 Å². The molecule has 3 nitrogen and oxygen atoms in total. The zero-order chi connectivity index (χ0) is 14.1. The first kappa shape index (κ1) is 13.6. The summed E-state index contributed by atoms with van der Waals surface area (Å²) >= 11 is 0. The number of carbonyl (C=O) groups excluding carboxylic acids is 1. The minimum Gasteiger partial charge on any atom is -0.324 e. The van der Waals surface area contributed by atoms with Gasteiger partial charge in [0.25, 0.3) is 0 Å². The second-order valence-corrected chi connectivity index (χ2v) is 6.40. The van der Waals surface area contributed by atoms with Crippen LogP contribution in [0.5, 0.6) is 0 Å². The average molecular weight is 272 g/mol. The van der Waals surface area contributed by atoms with E-state index >= 15 is 0 Å². The highest BCUT2D eigenvalue weighted by atomic mass is 16.2. The highest BCUT2D eigenvalue weighted by molar-refractivity contribution is 5.96. The number of carbonyl (C=O) groups is 1. The minimum absolute atomic E-state index is 0.0710. The molecule has 1 aliphatic carbocycles. The monoisotopic (exact) mass is 272 g/mol. The number of benzene rings is 1. The number of nitrogens with two attached hydrogens (primary N) is 1. The molecule has 3 heteroatoms. The second kappa shape index (κ2) is 5.57. The maximum Gasteiger partial charge on any atom is 0.230 e. The Morgan fingerprint density at radius 2 is 1.85 bits per heavy atom. The van der Waals surface area contributed by atoms with Gasteiger partial charge >= 0.3 is 0 Å². The van der Waals surface area contributed by atoms with E-state index < -0.39 is 0 Å². The third kappa shape index (κ3) is 2.47. The molecule has 2 N–H and O–H groups in total. The van der Waals surface area contributed by atoms with E-state index in [9.17, 15) is 4.79 Å². The SMILES string of the molecule is CC1CCC(C(=O)N2CCC(N)c3ccccc32)CC1. The van der Waals surface area contributed by atoms with Crippen LogP contribution in [0, 0.1) is 11.8 Å². The number of amides is 1. The molecule has 1 aromatic carbocycles. The number of hydrogen-bond donors (Lipinski definition) is 1. The van der Waals surface area contributed by atoms with Crippen LogP contribution in [-0.4, -0.2) is 12.5 Å². The molecule has 1 aliphatic heterocycles. The molecular formula is C17H24N2O. The summed E-state index contributed by atoms with van der Waals surface area (Å²) in [5.74, 6) is 1.31. The van der Waals surface area contributed by atoms with E-state index in [1.54, 1.807) is 0 Å². The first-order valence-electron chi connectivity index (χ1n) is 7.82. The first-order valence-corrected chi connectivity index (χ1v) is 7.82. The normalized spacial score (nSPS) is 29.9. The van der Waals surface area contributed by atoms with Crippen molar-refractivity contribution in [2.45, 2.75) is 45.1 Å². The van der Waals surface area contributed by atoms with Gasteiger partial charge in [0.2, 0.25) is 5.91 Å². The fourth-order valence-electron chi connectivity index (χ4n) is 3.55. The number of anilines is 1. The molecule has 108 valence electrons. The topological polar surface area (TPSA) is 46.3 Å². The van der Waals surface area contributed by atoms with Crippen LogP contribution >= 0.6 is 0 Å². The Kier molecular flexibility index (Phi) is 3.79. The summed E-state index contributed by atoms with van der Waals surface area (Å²) in [6, 6.07) is 8.18. The van der Waals surface area contributed by atoms with E-state index in [1.165, 1.54) is 12.8 Å². The maximum atomic E-state index is 12.8. The molecule has 2 aliphatic rings. The van der Waals surface area contributed by atoms with Gasteiger partial charge in [-0.1, -0.05) is 25.1 Å².